The molecular formula is C28H32ClN3O2. The number of amides is 2. The van der Waals surface area contributed by atoms with Crippen LogP contribution in [0.25, 0.3) is 10.8 Å². The minimum absolute atomic E-state index is 0.0267. The van der Waals surface area contributed by atoms with E-state index < -0.39 is 0 Å². The molecule has 0 spiro atoms. The van der Waals surface area contributed by atoms with Crippen molar-refractivity contribution < 1.29 is 9.59 Å². The summed E-state index contributed by atoms with van der Waals surface area (Å²) in [6, 6.07) is 19.5. The first kappa shape index (κ1) is 24.2. The first-order chi connectivity index (χ1) is 16.1. The predicted octanol–water partition coefficient (Wildman–Crippen LogP) is 5.12. The summed E-state index contributed by atoms with van der Waals surface area (Å²) in [5.74, 6) is 0.0536. The fourth-order valence-electron chi connectivity index (χ4n) is 4.84. The summed E-state index contributed by atoms with van der Waals surface area (Å²) in [6.45, 7) is 6.48. The molecule has 1 heterocycles. The molecule has 1 fully saturated rings. The minimum atomic E-state index is -0.129. The van der Waals surface area contributed by atoms with Gasteiger partial charge in [0, 0.05) is 53.7 Å². The van der Waals surface area contributed by atoms with Crippen LogP contribution in [0.15, 0.2) is 60.7 Å². The fourth-order valence-corrected chi connectivity index (χ4v) is 5.02. The lowest BCUT2D eigenvalue weighted by Crippen LogP contribution is -2.32. The normalized spacial score (nSPS) is 16.5. The zero-order valence-electron chi connectivity index (χ0n) is 20.3. The number of carbonyl (C=O) groups is 2. The lowest BCUT2D eigenvalue weighted by molar-refractivity contribution is -0.117. The van der Waals surface area contributed by atoms with Crippen LogP contribution in [-0.4, -0.2) is 50.4 Å². The Morgan fingerprint density at radius 3 is 2.44 bits per heavy atom. The quantitative estimate of drug-likeness (QED) is 0.514. The van der Waals surface area contributed by atoms with Gasteiger partial charge in [-0.1, -0.05) is 49.7 Å². The van der Waals surface area contributed by atoms with Gasteiger partial charge in [-0.25, -0.2) is 0 Å². The van der Waals surface area contributed by atoms with Crippen molar-refractivity contribution in [1.82, 2.24) is 10.2 Å². The number of anilines is 1. The van der Waals surface area contributed by atoms with Gasteiger partial charge in [-0.2, -0.15) is 0 Å². The van der Waals surface area contributed by atoms with Crippen molar-refractivity contribution in [1.29, 1.82) is 0 Å². The number of halogens is 1. The van der Waals surface area contributed by atoms with Gasteiger partial charge in [0.1, 0.15) is 0 Å². The molecular weight excluding hydrogens is 446 g/mol. The number of hydrogen-bond acceptors (Lipinski definition) is 3. The Labute approximate surface area is 206 Å². The van der Waals surface area contributed by atoms with Gasteiger partial charge >= 0.3 is 0 Å². The van der Waals surface area contributed by atoms with Crippen molar-refractivity contribution in [2.45, 2.75) is 25.7 Å². The molecule has 5 nitrogen and oxygen atoms in total. The number of fused-ring (bicyclic) bond motifs is 1. The third-order valence-electron chi connectivity index (χ3n) is 6.49. The van der Waals surface area contributed by atoms with Crippen LogP contribution in [-0.2, 0) is 10.2 Å². The summed E-state index contributed by atoms with van der Waals surface area (Å²) in [6.07, 6.45) is 0.435. The molecule has 2 amide bonds. The number of nitrogens with one attached hydrogen (secondary N) is 1. The zero-order valence-corrected chi connectivity index (χ0v) is 21.0. The number of carbonyl (C=O) groups excluding carboxylic acids is 2. The van der Waals surface area contributed by atoms with Crippen LogP contribution in [0.1, 0.15) is 36.2 Å². The van der Waals surface area contributed by atoms with Crippen molar-refractivity contribution in [3.8, 4) is 0 Å². The molecule has 4 rings (SSSR count). The van der Waals surface area contributed by atoms with E-state index in [-0.39, 0.29) is 23.1 Å². The monoisotopic (exact) mass is 477 g/mol. The first-order valence-corrected chi connectivity index (χ1v) is 12.0. The van der Waals surface area contributed by atoms with Crippen LogP contribution >= 0.6 is 11.6 Å². The van der Waals surface area contributed by atoms with Gasteiger partial charge in [0.15, 0.2) is 0 Å². The summed E-state index contributed by atoms with van der Waals surface area (Å²) >= 11 is 6.04. The minimum Gasteiger partial charge on any atom is -0.352 e. The molecule has 0 bridgehead atoms. The summed E-state index contributed by atoms with van der Waals surface area (Å²) in [5, 5.41) is 5.65. The Morgan fingerprint density at radius 1 is 1.06 bits per heavy atom. The maximum absolute atomic E-state index is 12.7. The molecule has 34 heavy (non-hydrogen) atoms. The SMILES string of the molecule is CN(C)CC(C)(C)c1ccc(N2CC(CNC(=O)c3ccc4cc(Cl)ccc4c3)CC2=O)cc1. The molecule has 1 N–H and O–H groups in total. The highest BCUT2D eigenvalue weighted by Gasteiger charge is 2.31. The molecule has 0 aromatic heterocycles. The average Bonchev–Trinajstić information content (AvgIpc) is 3.16. The van der Waals surface area contributed by atoms with Crippen LogP contribution in [0.3, 0.4) is 0 Å². The van der Waals surface area contributed by atoms with Gasteiger partial charge in [-0.15, -0.1) is 0 Å². The van der Waals surface area contributed by atoms with Crippen LogP contribution in [0.4, 0.5) is 5.69 Å². The Bertz CT molecular complexity index is 1200. The Kier molecular flexibility index (Phi) is 6.96. The van der Waals surface area contributed by atoms with Gasteiger partial charge in [0.2, 0.25) is 5.91 Å². The summed E-state index contributed by atoms with van der Waals surface area (Å²) in [5.41, 5.74) is 2.79. The fraction of sp³-hybridized carbons (Fsp3) is 0.357. The van der Waals surface area contributed by atoms with Crippen molar-refractivity contribution in [2.75, 3.05) is 38.6 Å². The van der Waals surface area contributed by atoms with Crippen molar-refractivity contribution in [2.24, 2.45) is 5.92 Å². The molecule has 1 atom stereocenters. The molecule has 0 radical (unpaired) electrons. The van der Waals surface area contributed by atoms with Crippen molar-refractivity contribution >= 4 is 39.9 Å². The van der Waals surface area contributed by atoms with E-state index in [0.717, 1.165) is 23.0 Å². The van der Waals surface area contributed by atoms with Crippen LogP contribution in [0.5, 0.6) is 0 Å². The van der Waals surface area contributed by atoms with Crippen LogP contribution in [0, 0.1) is 5.92 Å². The highest BCUT2D eigenvalue weighted by molar-refractivity contribution is 6.31. The zero-order chi connectivity index (χ0) is 24.5. The molecule has 178 valence electrons. The van der Waals surface area contributed by atoms with Gasteiger partial charge in [0.25, 0.3) is 5.91 Å². The summed E-state index contributed by atoms with van der Waals surface area (Å²) in [4.78, 5) is 29.4. The van der Waals surface area contributed by atoms with Crippen molar-refractivity contribution in [3.05, 3.63) is 76.8 Å². The second kappa shape index (κ2) is 9.77. The number of nitrogens with zero attached hydrogens (tertiary/aromatic N) is 2. The lowest BCUT2D eigenvalue weighted by atomic mass is 9.84. The lowest BCUT2D eigenvalue weighted by Gasteiger charge is -2.29. The first-order valence-electron chi connectivity index (χ1n) is 11.7. The molecule has 0 aliphatic carbocycles. The third kappa shape index (κ3) is 5.43. The second-order valence-corrected chi connectivity index (χ2v) is 10.6. The van der Waals surface area contributed by atoms with E-state index in [1.807, 2.05) is 47.4 Å². The number of likely N-dealkylation sites (N-methyl/N-ethyl adjacent to an activating group) is 1. The molecule has 3 aromatic carbocycles. The van der Waals surface area contributed by atoms with E-state index in [1.165, 1.54) is 5.56 Å². The second-order valence-electron chi connectivity index (χ2n) is 10.2. The van der Waals surface area contributed by atoms with Gasteiger partial charge in [-0.05, 0) is 66.8 Å². The topological polar surface area (TPSA) is 52.6 Å². The van der Waals surface area contributed by atoms with Crippen LogP contribution in [0.2, 0.25) is 5.02 Å². The van der Waals surface area contributed by atoms with Crippen LogP contribution < -0.4 is 10.2 Å². The number of hydrogen-bond donors (Lipinski definition) is 1. The summed E-state index contributed by atoms with van der Waals surface area (Å²) in [7, 11) is 4.15. The number of benzene rings is 3. The average molecular weight is 478 g/mol. The molecule has 6 heteroatoms. The molecule has 1 aliphatic rings. The van der Waals surface area contributed by atoms with Crippen molar-refractivity contribution in [3.63, 3.8) is 0 Å². The third-order valence-corrected chi connectivity index (χ3v) is 6.73. The highest BCUT2D eigenvalue weighted by atomic mass is 35.5. The highest BCUT2D eigenvalue weighted by Crippen LogP contribution is 2.29. The van der Waals surface area contributed by atoms with E-state index in [2.05, 4.69) is 50.3 Å². The van der Waals surface area contributed by atoms with E-state index in [4.69, 9.17) is 11.6 Å². The Morgan fingerprint density at radius 2 is 1.74 bits per heavy atom. The van der Waals surface area contributed by atoms with E-state index >= 15 is 0 Å². The molecule has 1 aliphatic heterocycles. The van der Waals surface area contributed by atoms with E-state index in [0.29, 0.717) is 30.1 Å². The largest absolute Gasteiger partial charge is 0.352 e. The van der Waals surface area contributed by atoms with Gasteiger partial charge in [0.05, 0.1) is 0 Å². The molecule has 1 saturated heterocycles. The standard InChI is InChI=1S/C28H32ClN3O2/c1-28(2,18-31(3)4)23-8-11-25(12-9-23)32-17-19(13-26(32)33)16-30-27(34)22-6-5-21-15-24(29)10-7-20(21)14-22/h5-12,14-15,19H,13,16-18H2,1-4H3,(H,30,34). The molecule has 0 saturated carbocycles. The molecule has 3 aromatic rings. The maximum Gasteiger partial charge on any atom is 0.251 e. The van der Waals surface area contributed by atoms with Gasteiger partial charge in [-0.3, -0.25) is 9.59 Å². The smallest absolute Gasteiger partial charge is 0.251 e. The Balaban J connectivity index is 1.36. The van der Waals surface area contributed by atoms with Gasteiger partial charge < -0.3 is 15.1 Å². The molecule has 1 unspecified atom stereocenters. The number of rotatable bonds is 7. The van der Waals surface area contributed by atoms with E-state index in [1.54, 1.807) is 6.07 Å². The maximum atomic E-state index is 12.7. The van der Waals surface area contributed by atoms with E-state index in [9.17, 15) is 9.59 Å². The Hall–Kier alpha value is -2.89. The summed E-state index contributed by atoms with van der Waals surface area (Å²) < 4.78 is 0. The predicted molar refractivity (Wildman–Crippen MR) is 140 cm³/mol.